The predicted octanol–water partition coefficient (Wildman–Crippen LogP) is 5.66. The Hall–Kier alpha value is -3.31. The fourth-order valence-corrected chi connectivity index (χ4v) is 4.64. The Morgan fingerprint density at radius 2 is 1.78 bits per heavy atom. The number of carbonyl (C=O) groups is 1. The summed E-state index contributed by atoms with van der Waals surface area (Å²) in [6, 6.07) is 23.7. The summed E-state index contributed by atoms with van der Waals surface area (Å²) in [5.41, 5.74) is 3.82. The molecule has 1 amide bonds. The first-order chi connectivity index (χ1) is 15.7. The number of rotatable bonds is 6. The van der Waals surface area contributed by atoms with E-state index in [1.807, 2.05) is 78.6 Å². The number of nitrogens with zero attached hydrogens (tertiary/aromatic N) is 3. The number of halogens is 1. The summed E-state index contributed by atoms with van der Waals surface area (Å²) in [7, 11) is 0. The van der Waals surface area contributed by atoms with Crippen LogP contribution in [0.1, 0.15) is 30.7 Å². The molecule has 1 saturated heterocycles. The monoisotopic (exact) mass is 445 g/mol. The molecule has 0 spiro atoms. The molecule has 0 unspecified atom stereocenters. The second-order valence-corrected chi connectivity index (χ2v) is 8.35. The van der Waals surface area contributed by atoms with Crippen molar-refractivity contribution in [1.82, 2.24) is 9.55 Å². The molecule has 32 heavy (non-hydrogen) atoms. The Labute approximate surface area is 192 Å². The molecule has 6 heteroatoms. The number of benzene rings is 3. The number of hydrogen-bond acceptors (Lipinski definition) is 3. The van der Waals surface area contributed by atoms with Gasteiger partial charge in [0.05, 0.1) is 29.9 Å². The number of imidazole rings is 1. The van der Waals surface area contributed by atoms with E-state index >= 15 is 0 Å². The Morgan fingerprint density at radius 3 is 2.62 bits per heavy atom. The van der Waals surface area contributed by atoms with E-state index in [1.165, 1.54) is 0 Å². The van der Waals surface area contributed by atoms with Gasteiger partial charge in [-0.3, -0.25) is 4.79 Å². The third-order valence-corrected chi connectivity index (χ3v) is 6.29. The largest absolute Gasteiger partial charge is 0.492 e. The quantitative estimate of drug-likeness (QED) is 0.385. The van der Waals surface area contributed by atoms with Crippen molar-refractivity contribution in [2.24, 2.45) is 0 Å². The topological polar surface area (TPSA) is 47.4 Å². The van der Waals surface area contributed by atoms with Crippen molar-refractivity contribution in [1.29, 1.82) is 0 Å². The number of ether oxygens (including phenoxy) is 1. The maximum Gasteiger partial charge on any atom is 0.227 e. The molecule has 0 radical (unpaired) electrons. The predicted molar refractivity (Wildman–Crippen MR) is 128 cm³/mol. The van der Waals surface area contributed by atoms with Crippen molar-refractivity contribution in [3.8, 4) is 5.75 Å². The lowest BCUT2D eigenvalue weighted by molar-refractivity contribution is -0.117. The van der Waals surface area contributed by atoms with Gasteiger partial charge in [-0.2, -0.15) is 0 Å². The number of anilines is 1. The Balaban J connectivity index is 1.53. The maximum atomic E-state index is 13.1. The van der Waals surface area contributed by atoms with Crippen LogP contribution < -0.4 is 9.64 Å². The summed E-state index contributed by atoms with van der Waals surface area (Å²) in [5, 5.41) is 0.728. The van der Waals surface area contributed by atoms with Crippen LogP contribution >= 0.6 is 11.6 Å². The number of hydrogen-bond donors (Lipinski definition) is 0. The minimum atomic E-state index is -0.0212. The van der Waals surface area contributed by atoms with Crippen molar-refractivity contribution in [2.75, 3.05) is 18.1 Å². The van der Waals surface area contributed by atoms with Crippen LogP contribution in [0.25, 0.3) is 11.0 Å². The van der Waals surface area contributed by atoms with E-state index in [9.17, 15) is 4.79 Å². The first-order valence-corrected chi connectivity index (χ1v) is 11.2. The van der Waals surface area contributed by atoms with Gasteiger partial charge in [0.2, 0.25) is 5.91 Å². The molecule has 5 nitrogen and oxygen atoms in total. The third kappa shape index (κ3) is 3.73. The molecule has 1 aliphatic heterocycles. The molecule has 1 aromatic heterocycles. The summed E-state index contributed by atoms with van der Waals surface area (Å²) >= 11 is 6.47. The minimum absolute atomic E-state index is 0.0212. The van der Waals surface area contributed by atoms with Gasteiger partial charge in [-0.05, 0) is 42.8 Å². The Morgan fingerprint density at radius 1 is 1.03 bits per heavy atom. The fourth-order valence-electron chi connectivity index (χ4n) is 4.44. The van der Waals surface area contributed by atoms with E-state index in [2.05, 4.69) is 10.6 Å². The number of carbonyl (C=O) groups excluding carboxylic acids is 1. The van der Waals surface area contributed by atoms with Gasteiger partial charge in [0.25, 0.3) is 0 Å². The van der Waals surface area contributed by atoms with E-state index in [0.717, 1.165) is 38.9 Å². The second kappa shape index (κ2) is 8.67. The molecule has 0 saturated carbocycles. The highest BCUT2D eigenvalue weighted by atomic mass is 35.5. The summed E-state index contributed by atoms with van der Waals surface area (Å²) in [5.74, 6) is 1.70. The zero-order chi connectivity index (χ0) is 22.1. The second-order valence-electron chi connectivity index (χ2n) is 7.94. The summed E-state index contributed by atoms with van der Waals surface area (Å²) < 4.78 is 7.97. The molecular weight excluding hydrogens is 422 g/mol. The van der Waals surface area contributed by atoms with Crippen LogP contribution in [0.3, 0.4) is 0 Å². The first-order valence-electron chi connectivity index (χ1n) is 10.9. The molecule has 162 valence electrons. The van der Waals surface area contributed by atoms with Gasteiger partial charge >= 0.3 is 0 Å². The molecule has 1 fully saturated rings. The lowest BCUT2D eigenvalue weighted by Crippen LogP contribution is -2.25. The van der Waals surface area contributed by atoms with Gasteiger partial charge in [-0.25, -0.2) is 4.98 Å². The minimum Gasteiger partial charge on any atom is -0.492 e. The average molecular weight is 446 g/mol. The molecule has 3 aromatic carbocycles. The number of aromatic nitrogens is 2. The van der Waals surface area contributed by atoms with E-state index in [1.54, 1.807) is 0 Å². The van der Waals surface area contributed by atoms with Crippen LogP contribution in [0, 0.1) is 0 Å². The molecule has 0 N–H and O–H groups in total. The van der Waals surface area contributed by atoms with Gasteiger partial charge in [-0.15, -0.1) is 0 Å². The van der Waals surface area contributed by atoms with E-state index < -0.39 is 0 Å². The molecular formula is C26H24ClN3O2. The lowest BCUT2D eigenvalue weighted by atomic mass is 10.1. The maximum absolute atomic E-state index is 13.1. The smallest absolute Gasteiger partial charge is 0.227 e. The molecule has 0 bridgehead atoms. The van der Waals surface area contributed by atoms with Crippen molar-refractivity contribution in [3.05, 3.63) is 89.2 Å². The summed E-state index contributed by atoms with van der Waals surface area (Å²) in [6.07, 6.45) is 0.409. The lowest BCUT2D eigenvalue weighted by Gasteiger charge is -2.20. The zero-order valence-corrected chi connectivity index (χ0v) is 18.6. The van der Waals surface area contributed by atoms with Crippen LogP contribution in [-0.4, -0.2) is 28.6 Å². The average Bonchev–Trinajstić information content (AvgIpc) is 3.36. The van der Waals surface area contributed by atoms with Gasteiger partial charge in [0, 0.05) is 23.9 Å². The summed E-state index contributed by atoms with van der Waals surface area (Å²) in [4.78, 5) is 19.8. The zero-order valence-electron chi connectivity index (χ0n) is 17.9. The Bertz CT molecular complexity index is 1280. The summed E-state index contributed by atoms with van der Waals surface area (Å²) in [6.45, 7) is 3.67. The van der Waals surface area contributed by atoms with Crippen molar-refractivity contribution < 1.29 is 9.53 Å². The van der Waals surface area contributed by atoms with Gasteiger partial charge in [-0.1, -0.05) is 54.1 Å². The van der Waals surface area contributed by atoms with Crippen LogP contribution in [-0.2, 0) is 11.3 Å². The first kappa shape index (κ1) is 20.6. The standard InChI is InChI=1S/C26H24ClN3O2/c1-2-32-24-14-8-7-13-23(24)29-17-19(15-25(29)31)26-28-21-11-5-6-12-22(21)30(26)16-18-9-3-4-10-20(18)27/h3-14,19H,2,15-17H2,1H3/t19-/m1/s1. The molecule has 1 atom stereocenters. The van der Waals surface area contributed by atoms with Gasteiger partial charge in [0.1, 0.15) is 11.6 Å². The van der Waals surface area contributed by atoms with Crippen LogP contribution in [0.2, 0.25) is 5.02 Å². The molecule has 1 aliphatic rings. The Kier molecular flexibility index (Phi) is 5.58. The molecule has 2 heterocycles. The number of fused-ring (bicyclic) bond motifs is 1. The highest BCUT2D eigenvalue weighted by Crippen LogP contribution is 2.37. The number of amides is 1. The van der Waals surface area contributed by atoms with Crippen LogP contribution in [0.4, 0.5) is 5.69 Å². The van der Waals surface area contributed by atoms with Gasteiger partial charge in [0.15, 0.2) is 0 Å². The number of para-hydroxylation sites is 4. The molecule has 0 aliphatic carbocycles. The van der Waals surface area contributed by atoms with Crippen LogP contribution in [0.5, 0.6) is 5.75 Å². The van der Waals surface area contributed by atoms with Crippen molar-refractivity contribution in [2.45, 2.75) is 25.8 Å². The fraction of sp³-hybridized carbons (Fsp3) is 0.231. The normalized spacial score (nSPS) is 16.1. The third-order valence-electron chi connectivity index (χ3n) is 5.92. The van der Waals surface area contributed by atoms with E-state index in [4.69, 9.17) is 21.3 Å². The highest BCUT2D eigenvalue weighted by molar-refractivity contribution is 6.31. The molecule has 4 aromatic rings. The van der Waals surface area contributed by atoms with Crippen molar-refractivity contribution in [3.63, 3.8) is 0 Å². The van der Waals surface area contributed by atoms with E-state index in [0.29, 0.717) is 26.1 Å². The van der Waals surface area contributed by atoms with Crippen molar-refractivity contribution >= 4 is 34.2 Å². The van der Waals surface area contributed by atoms with E-state index in [-0.39, 0.29) is 11.8 Å². The van der Waals surface area contributed by atoms with Gasteiger partial charge < -0.3 is 14.2 Å². The van der Waals surface area contributed by atoms with Crippen LogP contribution in [0.15, 0.2) is 72.8 Å². The SMILES string of the molecule is CCOc1ccccc1N1C[C@H](c2nc3ccccc3n2Cc2ccccc2Cl)CC1=O. The highest BCUT2D eigenvalue weighted by Gasteiger charge is 2.36. The molecule has 5 rings (SSSR count).